The fraction of sp³-hybridized carbons (Fsp3) is 0.353. The molecule has 2 aromatic rings. The molecule has 1 aromatic carbocycles. The van der Waals surface area contributed by atoms with E-state index in [0.29, 0.717) is 28.7 Å². The number of rotatable bonds is 8. The summed E-state index contributed by atoms with van der Waals surface area (Å²) in [5.41, 5.74) is 6.34. The highest BCUT2D eigenvalue weighted by Gasteiger charge is 2.20. The minimum Gasteiger partial charge on any atom is -0.370 e. The summed E-state index contributed by atoms with van der Waals surface area (Å²) in [6.07, 6.45) is 0.609. The van der Waals surface area contributed by atoms with E-state index in [1.54, 1.807) is 42.8 Å². The Kier molecular flexibility index (Phi) is 6.51. The van der Waals surface area contributed by atoms with Gasteiger partial charge in [-0.2, -0.15) is 0 Å². The van der Waals surface area contributed by atoms with Crippen molar-refractivity contribution in [3.63, 3.8) is 0 Å². The van der Waals surface area contributed by atoms with Gasteiger partial charge in [0.15, 0.2) is 10.9 Å². The van der Waals surface area contributed by atoms with E-state index in [-0.39, 0.29) is 23.4 Å². The molecule has 3 N–H and O–H groups in total. The number of aromatic nitrogens is 3. The highest BCUT2D eigenvalue weighted by atomic mass is 32.2. The SMILES string of the molecule is CC(=O)Nc1ccc(C(=O)[C@H](C)Sc2nnc(CCC(N)=O)n2C)cc1. The first-order valence-corrected chi connectivity index (χ1v) is 8.91. The maximum atomic E-state index is 12.6. The molecule has 1 heterocycles. The van der Waals surface area contributed by atoms with Crippen molar-refractivity contribution in [1.82, 2.24) is 14.8 Å². The third-order valence-corrected chi connectivity index (χ3v) is 4.80. The lowest BCUT2D eigenvalue weighted by Gasteiger charge is -2.10. The number of hydrogen-bond acceptors (Lipinski definition) is 6. The van der Waals surface area contributed by atoms with Crippen LogP contribution in [0.4, 0.5) is 5.69 Å². The number of nitrogens with two attached hydrogens (primary N) is 1. The summed E-state index contributed by atoms with van der Waals surface area (Å²) in [6, 6.07) is 6.74. The van der Waals surface area contributed by atoms with Gasteiger partial charge < -0.3 is 15.6 Å². The zero-order chi connectivity index (χ0) is 19.3. The smallest absolute Gasteiger partial charge is 0.221 e. The quantitative estimate of drug-likeness (QED) is 0.534. The van der Waals surface area contributed by atoms with Gasteiger partial charge >= 0.3 is 0 Å². The molecule has 0 aliphatic carbocycles. The van der Waals surface area contributed by atoms with Crippen LogP contribution < -0.4 is 11.1 Å². The van der Waals surface area contributed by atoms with E-state index in [2.05, 4.69) is 15.5 Å². The molecule has 0 unspecified atom stereocenters. The maximum Gasteiger partial charge on any atom is 0.221 e. The average Bonchev–Trinajstić information content (AvgIpc) is 2.92. The lowest BCUT2D eigenvalue weighted by Crippen LogP contribution is -2.15. The monoisotopic (exact) mass is 375 g/mol. The summed E-state index contributed by atoms with van der Waals surface area (Å²) in [5.74, 6) is 0.0348. The first kappa shape index (κ1) is 19.6. The van der Waals surface area contributed by atoms with Crippen LogP contribution in [0.2, 0.25) is 0 Å². The van der Waals surface area contributed by atoms with Gasteiger partial charge in [-0.1, -0.05) is 11.8 Å². The third kappa shape index (κ3) is 5.16. The molecule has 0 fully saturated rings. The number of ketones is 1. The molecule has 1 atom stereocenters. The molecule has 0 aliphatic heterocycles. The van der Waals surface area contributed by atoms with Gasteiger partial charge in [0, 0.05) is 38.1 Å². The molecule has 8 nitrogen and oxygen atoms in total. The van der Waals surface area contributed by atoms with Gasteiger partial charge in [-0.25, -0.2) is 0 Å². The van der Waals surface area contributed by atoms with Crippen LogP contribution in [0.5, 0.6) is 0 Å². The molecule has 1 aromatic heterocycles. The predicted molar refractivity (Wildman–Crippen MR) is 98.9 cm³/mol. The number of nitrogens with zero attached hydrogens (tertiary/aromatic N) is 3. The van der Waals surface area contributed by atoms with Crippen molar-refractivity contribution in [2.24, 2.45) is 12.8 Å². The first-order chi connectivity index (χ1) is 12.3. The molecule has 0 aliphatic rings. The predicted octanol–water partition coefficient (Wildman–Crippen LogP) is 1.55. The fourth-order valence-electron chi connectivity index (χ4n) is 2.27. The minimum absolute atomic E-state index is 0.0499. The molecule has 26 heavy (non-hydrogen) atoms. The van der Waals surface area contributed by atoms with Gasteiger partial charge in [0.2, 0.25) is 11.8 Å². The normalized spacial score (nSPS) is 11.8. The van der Waals surface area contributed by atoms with Crippen LogP contribution >= 0.6 is 11.8 Å². The zero-order valence-corrected chi connectivity index (χ0v) is 15.7. The standard InChI is InChI=1S/C17H21N5O3S/c1-10(16(25)12-4-6-13(7-5-12)19-11(2)23)26-17-21-20-15(22(17)3)9-8-14(18)24/h4-7,10H,8-9H2,1-3H3,(H2,18,24)(H,19,23)/t10-/m0/s1. The number of hydrogen-bond donors (Lipinski definition) is 2. The molecule has 0 saturated carbocycles. The van der Waals surface area contributed by atoms with E-state index in [4.69, 9.17) is 5.73 Å². The largest absolute Gasteiger partial charge is 0.370 e. The number of primary amides is 1. The Balaban J connectivity index is 2.02. The molecule has 0 bridgehead atoms. The van der Waals surface area contributed by atoms with E-state index in [1.165, 1.54) is 18.7 Å². The van der Waals surface area contributed by atoms with E-state index in [0.717, 1.165) is 0 Å². The van der Waals surface area contributed by atoms with E-state index in [9.17, 15) is 14.4 Å². The molecule has 2 amide bonds. The molecular formula is C17H21N5O3S. The van der Waals surface area contributed by atoms with Crippen LogP contribution in [0.3, 0.4) is 0 Å². The van der Waals surface area contributed by atoms with Gasteiger partial charge in [-0.15, -0.1) is 10.2 Å². The van der Waals surface area contributed by atoms with Crippen LogP contribution in [0.1, 0.15) is 36.5 Å². The number of nitrogens with one attached hydrogen (secondary N) is 1. The summed E-state index contributed by atoms with van der Waals surface area (Å²) in [6.45, 7) is 3.23. The van der Waals surface area contributed by atoms with Crippen molar-refractivity contribution >= 4 is 35.0 Å². The second-order valence-corrected chi connectivity index (χ2v) is 7.11. The minimum atomic E-state index is -0.395. The first-order valence-electron chi connectivity index (χ1n) is 8.03. The van der Waals surface area contributed by atoms with Crippen molar-refractivity contribution in [1.29, 1.82) is 0 Å². The Morgan fingerprint density at radius 3 is 2.46 bits per heavy atom. The lowest BCUT2D eigenvalue weighted by atomic mass is 10.1. The Morgan fingerprint density at radius 1 is 1.23 bits per heavy atom. The van der Waals surface area contributed by atoms with Gasteiger partial charge in [-0.3, -0.25) is 14.4 Å². The summed E-state index contributed by atoms with van der Waals surface area (Å²) in [4.78, 5) is 34.5. The molecule has 138 valence electrons. The Bertz CT molecular complexity index is 816. The van der Waals surface area contributed by atoms with Crippen molar-refractivity contribution in [2.45, 2.75) is 37.1 Å². The number of Topliss-reactive ketones (excluding diaryl/α,β-unsaturated/α-hetero) is 1. The highest BCUT2D eigenvalue weighted by Crippen LogP contribution is 2.25. The maximum absolute atomic E-state index is 12.6. The lowest BCUT2D eigenvalue weighted by molar-refractivity contribution is -0.118. The molecule has 2 rings (SSSR count). The molecular weight excluding hydrogens is 354 g/mol. The number of carbonyl (C=O) groups excluding carboxylic acids is 3. The third-order valence-electron chi connectivity index (χ3n) is 3.66. The van der Waals surface area contributed by atoms with E-state index >= 15 is 0 Å². The van der Waals surface area contributed by atoms with Crippen LogP contribution in [0.15, 0.2) is 29.4 Å². The highest BCUT2D eigenvalue weighted by molar-refractivity contribution is 8.00. The fourth-order valence-corrected chi connectivity index (χ4v) is 3.18. The Hall–Kier alpha value is -2.68. The van der Waals surface area contributed by atoms with Crippen molar-refractivity contribution < 1.29 is 14.4 Å². The summed E-state index contributed by atoms with van der Waals surface area (Å²) in [5, 5.41) is 11.0. The molecule has 0 radical (unpaired) electrons. The van der Waals surface area contributed by atoms with Crippen molar-refractivity contribution in [2.75, 3.05) is 5.32 Å². The van der Waals surface area contributed by atoms with Crippen LogP contribution in [0.25, 0.3) is 0 Å². The van der Waals surface area contributed by atoms with Crippen LogP contribution in [0, 0.1) is 0 Å². The molecule has 0 spiro atoms. The van der Waals surface area contributed by atoms with Crippen LogP contribution in [-0.4, -0.2) is 37.6 Å². The topological polar surface area (TPSA) is 120 Å². The summed E-state index contributed by atoms with van der Waals surface area (Å²) >= 11 is 1.30. The van der Waals surface area contributed by atoms with Gasteiger partial charge in [-0.05, 0) is 31.2 Å². The number of thioether (sulfide) groups is 1. The number of anilines is 1. The number of benzene rings is 1. The van der Waals surface area contributed by atoms with Crippen molar-refractivity contribution in [3.05, 3.63) is 35.7 Å². The Morgan fingerprint density at radius 2 is 1.88 bits per heavy atom. The molecule has 9 heteroatoms. The second kappa shape index (κ2) is 8.61. The molecule has 0 saturated heterocycles. The van der Waals surface area contributed by atoms with Gasteiger partial charge in [0.05, 0.1) is 5.25 Å². The van der Waals surface area contributed by atoms with Crippen molar-refractivity contribution in [3.8, 4) is 0 Å². The summed E-state index contributed by atoms with van der Waals surface area (Å²) in [7, 11) is 1.79. The number of carbonyl (C=O) groups is 3. The number of amides is 2. The summed E-state index contributed by atoms with van der Waals surface area (Å²) < 4.78 is 1.76. The Labute approximate surface area is 155 Å². The van der Waals surface area contributed by atoms with E-state index < -0.39 is 5.91 Å². The van der Waals surface area contributed by atoms with E-state index in [1.807, 2.05) is 0 Å². The van der Waals surface area contributed by atoms with Crippen LogP contribution in [-0.2, 0) is 23.1 Å². The van der Waals surface area contributed by atoms with Gasteiger partial charge in [0.25, 0.3) is 0 Å². The second-order valence-electron chi connectivity index (χ2n) is 5.81. The zero-order valence-electron chi connectivity index (χ0n) is 14.9. The average molecular weight is 375 g/mol. The number of aryl methyl sites for hydroxylation is 1. The van der Waals surface area contributed by atoms with Gasteiger partial charge in [0.1, 0.15) is 5.82 Å².